The molecule has 0 spiro atoms. The summed E-state index contributed by atoms with van der Waals surface area (Å²) >= 11 is 1.31. The smallest absolute Gasteiger partial charge is 0.164 e. The van der Waals surface area contributed by atoms with E-state index < -0.39 is 0 Å². The van der Waals surface area contributed by atoms with Gasteiger partial charge >= 0.3 is 0 Å². The van der Waals surface area contributed by atoms with Gasteiger partial charge in [0.1, 0.15) is 17.3 Å². The fourth-order valence-corrected chi connectivity index (χ4v) is 5.33. The summed E-state index contributed by atoms with van der Waals surface area (Å²) in [5.41, 5.74) is 3.76. The normalized spacial score (nSPS) is 14.3. The van der Waals surface area contributed by atoms with E-state index in [9.17, 15) is 9.65 Å². The molecule has 0 amide bonds. The van der Waals surface area contributed by atoms with Gasteiger partial charge in [-0.15, -0.1) is 10.2 Å². The van der Waals surface area contributed by atoms with Gasteiger partial charge < -0.3 is 4.90 Å². The van der Waals surface area contributed by atoms with Crippen LogP contribution in [0, 0.1) is 24.1 Å². The number of fused-ring (bicyclic) bond motifs is 3. The van der Waals surface area contributed by atoms with E-state index in [0.717, 1.165) is 45.4 Å². The minimum absolute atomic E-state index is 0.146. The highest BCUT2D eigenvalue weighted by molar-refractivity contribution is 7.10. The van der Waals surface area contributed by atoms with Crippen LogP contribution in [0.5, 0.6) is 0 Å². The summed E-state index contributed by atoms with van der Waals surface area (Å²) in [6.45, 7) is 3.99. The van der Waals surface area contributed by atoms with Crippen molar-refractivity contribution in [1.82, 2.24) is 29.1 Å². The van der Waals surface area contributed by atoms with Crippen molar-refractivity contribution in [2.45, 2.75) is 26.3 Å². The predicted octanol–water partition coefficient (Wildman–Crippen LogP) is 5.77. The molecule has 10 heteroatoms. The third kappa shape index (κ3) is 3.44. The van der Waals surface area contributed by atoms with Crippen molar-refractivity contribution in [2.24, 2.45) is 0 Å². The highest BCUT2D eigenvalue weighted by Gasteiger charge is 2.36. The standard InChI is InChI=1S/C26H19FN8S/c1-3-21-26-33-32-15(2)34(26)22-14-29-24(20-13-30-36-23(20)17-7-9-18(27)10-8-17)31-25(22)35(21)19-6-4-5-16(11-19)12-28/h4-11,13-14,21H,3H2,1-2H3. The molecular formula is C26H19FN8S. The number of nitrogens with zero attached hydrogens (tertiary/aromatic N) is 8. The average Bonchev–Trinajstić information content (AvgIpc) is 3.55. The van der Waals surface area contributed by atoms with Crippen LogP contribution in [-0.2, 0) is 0 Å². The Kier molecular flexibility index (Phi) is 5.27. The number of anilines is 2. The number of benzene rings is 2. The molecule has 4 heterocycles. The Morgan fingerprint density at radius 3 is 2.72 bits per heavy atom. The fraction of sp³-hybridized carbons (Fsp3) is 0.154. The maximum atomic E-state index is 13.5. The highest BCUT2D eigenvalue weighted by atomic mass is 32.1. The Morgan fingerprint density at radius 2 is 1.94 bits per heavy atom. The maximum absolute atomic E-state index is 13.5. The van der Waals surface area contributed by atoms with Crippen LogP contribution in [0.3, 0.4) is 0 Å². The first-order chi connectivity index (χ1) is 17.6. The molecule has 1 unspecified atom stereocenters. The largest absolute Gasteiger partial charge is 0.314 e. The van der Waals surface area contributed by atoms with Crippen molar-refractivity contribution in [3.8, 4) is 33.6 Å². The van der Waals surface area contributed by atoms with Gasteiger partial charge in [-0.3, -0.25) is 4.57 Å². The molecule has 1 atom stereocenters. The molecule has 0 bridgehead atoms. The number of hydrogen-bond donors (Lipinski definition) is 0. The first-order valence-corrected chi connectivity index (χ1v) is 12.2. The third-order valence-electron chi connectivity index (χ3n) is 6.24. The second-order valence-corrected chi connectivity index (χ2v) is 9.18. The predicted molar refractivity (Wildman–Crippen MR) is 135 cm³/mol. The number of nitriles is 1. The van der Waals surface area contributed by atoms with Crippen LogP contribution in [0.1, 0.15) is 36.6 Å². The summed E-state index contributed by atoms with van der Waals surface area (Å²) in [4.78, 5) is 12.7. The van der Waals surface area contributed by atoms with Crippen molar-refractivity contribution in [1.29, 1.82) is 5.26 Å². The highest BCUT2D eigenvalue weighted by Crippen LogP contribution is 2.44. The van der Waals surface area contributed by atoms with Gasteiger partial charge in [0.25, 0.3) is 0 Å². The molecule has 36 heavy (non-hydrogen) atoms. The molecule has 0 saturated carbocycles. The van der Waals surface area contributed by atoms with E-state index in [4.69, 9.17) is 9.97 Å². The molecule has 8 nitrogen and oxygen atoms in total. The minimum Gasteiger partial charge on any atom is -0.314 e. The molecule has 1 aliphatic rings. The monoisotopic (exact) mass is 494 g/mol. The molecule has 3 aromatic heterocycles. The van der Waals surface area contributed by atoms with E-state index in [2.05, 4.69) is 32.5 Å². The summed E-state index contributed by atoms with van der Waals surface area (Å²) in [6.07, 6.45) is 4.26. The molecule has 0 fully saturated rings. The van der Waals surface area contributed by atoms with Crippen molar-refractivity contribution < 1.29 is 4.39 Å². The lowest BCUT2D eigenvalue weighted by Crippen LogP contribution is -2.32. The van der Waals surface area contributed by atoms with Crippen LogP contribution >= 0.6 is 11.5 Å². The van der Waals surface area contributed by atoms with Crippen LogP contribution in [0.4, 0.5) is 15.9 Å². The quantitative estimate of drug-likeness (QED) is 0.313. The van der Waals surface area contributed by atoms with Gasteiger partial charge in [-0.1, -0.05) is 25.1 Å². The summed E-state index contributed by atoms with van der Waals surface area (Å²) in [7, 11) is 0. The van der Waals surface area contributed by atoms with E-state index in [1.807, 2.05) is 29.7 Å². The molecule has 176 valence electrons. The fourth-order valence-electron chi connectivity index (χ4n) is 4.59. The summed E-state index contributed by atoms with van der Waals surface area (Å²) in [5, 5.41) is 18.3. The molecule has 0 radical (unpaired) electrons. The van der Waals surface area contributed by atoms with E-state index in [0.29, 0.717) is 17.2 Å². The first kappa shape index (κ1) is 22.0. The van der Waals surface area contributed by atoms with E-state index in [1.54, 1.807) is 30.6 Å². The molecule has 5 aromatic rings. The topological polar surface area (TPSA) is 96.4 Å². The third-order valence-corrected chi connectivity index (χ3v) is 7.09. The Morgan fingerprint density at radius 1 is 1.11 bits per heavy atom. The zero-order chi connectivity index (χ0) is 24.8. The van der Waals surface area contributed by atoms with Gasteiger partial charge in [-0.2, -0.15) is 9.64 Å². The number of halogens is 1. The van der Waals surface area contributed by atoms with Gasteiger partial charge in [0.05, 0.1) is 40.5 Å². The van der Waals surface area contributed by atoms with Crippen LogP contribution in [0.15, 0.2) is 60.9 Å². The molecule has 0 saturated heterocycles. The molecule has 6 rings (SSSR count). The lowest BCUT2D eigenvalue weighted by Gasteiger charge is -2.37. The molecule has 1 aliphatic heterocycles. The van der Waals surface area contributed by atoms with Gasteiger partial charge in [0, 0.05) is 5.69 Å². The van der Waals surface area contributed by atoms with Crippen LogP contribution in [0.2, 0.25) is 0 Å². The first-order valence-electron chi connectivity index (χ1n) is 11.4. The van der Waals surface area contributed by atoms with Crippen molar-refractivity contribution >= 4 is 23.0 Å². The number of aromatic nitrogens is 6. The molecule has 0 N–H and O–H groups in total. The van der Waals surface area contributed by atoms with Crippen molar-refractivity contribution in [3.05, 3.63) is 84.0 Å². The average molecular weight is 495 g/mol. The SMILES string of the molecule is CCC1c2nnc(C)n2-c2cnc(-c3cnsc3-c3ccc(F)cc3)nc2N1c1cccc(C#N)c1. The Bertz CT molecular complexity index is 1630. The van der Waals surface area contributed by atoms with Gasteiger partial charge in [0.15, 0.2) is 17.5 Å². The Balaban J connectivity index is 1.57. The molecular weight excluding hydrogens is 475 g/mol. The van der Waals surface area contributed by atoms with Crippen molar-refractivity contribution in [3.63, 3.8) is 0 Å². The van der Waals surface area contributed by atoms with E-state index >= 15 is 0 Å². The van der Waals surface area contributed by atoms with Crippen LogP contribution in [-0.4, -0.2) is 29.1 Å². The zero-order valence-corrected chi connectivity index (χ0v) is 20.2. The summed E-state index contributed by atoms with van der Waals surface area (Å²) in [6, 6.07) is 15.8. The van der Waals surface area contributed by atoms with Gasteiger partial charge in [-0.05, 0) is 60.8 Å². The van der Waals surface area contributed by atoms with Crippen LogP contribution in [0.25, 0.3) is 27.5 Å². The maximum Gasteiger partial charge on any atom is 0.164 e. The molecule has 0 aliphatic carbocycles. The zero-order valence-electron chi connectivity index (χ0n) is 19.4. The number of aryl methyl sites for hydroxylation is 1. The van der Waals surface area contributed by atoms with E-state index in [1.165, 1.54) is 23.7 Å². The second kappa shape index (κ2) is 8.62. The van der Waals surface area contributed by atoms with Crippen molar-refractivity contribution in [2.75, 3.05) is 4.90 Å². The Labute approximate surface area is 210 Å². The Hall–Kier alpha value is -4.49. The lowest BCUT2D eigenvalue weighted by molar-refractivity contribution is 0.588. The summed E-state index contributed by atoms with van der Waals surface area (Å²) in [5.74, 6) is 2.44. The molecule has 2 aromatic carbocycles. The van der Waals surface area contributed by atoms with Crippen LogP contribution < -0.4 is 4.90 Å². The van der Waals surface area contributed by atoms with Gasteiger partial charge in [-0.25, -0.2) is 14.4 Å². The number of rotatable bonds is 4. The van der Waals surface area contributed by atoms with E-state index in [-0.39, 0.29) is 11.9 Å². The number of hydrogen-bond acceptors (Lipinski definition) is 8. The minimum atomic E-state index is -0.296. The lowest BCUT2D eigenvalue weighted by atomic mass is 10.1. The summed E-state index contributed by atoms with van der Waals surface area (Å²) < 4.78 is 19.9. The second-order valence-electron chi connectivity index (χ2n) is 8.37. The van der Waals surface area contributed by atoms with Gasteiger partial charge in [0.2, 0.25) is 0 Å².